The van der Waals surface area contributed by atoms with Gasteiger partial charge in [0.1, 0.15) is 0 Å². The van der Waals surface area contributed by atoms with E-state index >= 15 is 0 Å². The highest BCUT2D eigenvalue weighted by Crippen LogP contribution is 2.42. The molecule has 1 aliphatic heterocycles. The standard InChI is InChI=1S/C20H33N5O5Si/c1-11(2)16(27)23-19-22-15-14(17(28)24-19)21-10-25(15)18-13(8-12(9-26)29-18)30-31(6,7)20(3,4)5/h10-13,18,26H,8-9H2,1-7H3,(H2,22,23,24,27,28)/t12-,13?,18+/m0/s1. The molecular weight excluding hydrogens is 418 g/mol. The summed E-state index contributed by atoms with van der Waals surface area (Å²) in [6.45, 7) is 14.2. The van der Waals surface area contributed by atoms with E-state index in [1.807, 2.05) is 0 Å². The molecule has 172 valence electrons. The van der Waals surface area contributed by atoms with Crippen LogP contribution in [-0.4, -0.2) is 57.7 Å². The first-order valence-corrected chi connectivity index (χ1v) is 13.5. The summed E-state index contributed by atoms with van der Waals surface area (Å²) in [5.41, 5.74) is -0.0266. The topological polar surface area (TPSA) is 131 Å². The number of fused-ring (bicyclic) bond motifs is 1. The van der Waals surface area contributed by atoms with Crippen LogP contribution in [-0.2, 0) is 14.0 Å². The van der Waals surface area contributed by atoms with E-state index in [9.17, 15) is 14.7 Å². The first kappa shape index (κ1) is 23.6. The smallest absolute Gasteiger partial charge is 0.280 e. The van der Waals surface area contributed by atoms with Gasteiger partial charge in [-0.05, 0) is 18.1 Å². The Labute approximate surface area is 182 Å². The van der Waals surface area contributed by atoms with Gasteiger partial charge in [-0.25, -0.2) is 4.98 Å². The highest BCUT2D eigenvalue weighted by molar-refractivity contribution is 6.74. The third-order valence-electron chi connectivity index (χ3n) is 6.07. The van der Waals surface area contributed by atoms with Crippen molar-refractivity contribution in [3.8, 4) is 0 Å². The zero-order valence-corrected chi connectivity index (χ0v) is 20.2. The monoisotopic (exact) mass is 451 g/mol. The lowest BCUT2D eigenvalue weighted by Crippen LogP contribution is -2.45. The summed E-state index contributed by atoms with van der Waals surface area (Å²) >= 11 is 0. The van der Waals surface area contributed by atoms with Gasteiger partial charge >= 0.3 is 0 Å². The number of aromatic amines is 1. The van der Waals surface area contributed by atoms with Crippen molar-refractivity contribution in [2.75, 3.05) is 11.9 Å². The number of aliphatic hydroxyl groups is 1. The number of anilines is 1. The number of hydrogen-bond donors (Lipinski definition) is 3. The van der Waals surface area contributed by atoms with Gasteiger partial charge in [0.25, 0.3) is 5.56 Å². The third-order valence-corrected chi connectivity index (χ3v) is 10.6. The molecule has 0 radical (unpaired) electrons. The lowest BCUT2D eigenvalue weighted by Gasteiger charge is -2.39. The maximum atomic E-state index is 12.5. The number of carbonyl (C=O) groups excluding carboxylic acids is 1. The highest BCUT2D eigenvalue weighted by atomic mass is 28.4. The number of nitrogens with zero attached hydrogens (tertiary/aromatic N) is 3. The number of H-pyrrole nitrogens is 1. The SMILES string of the molecule is CC(C)C(=O)Nc1nc2c(ncn2[C@@H]2O[C@H](CO)CC2O[Si](C)(C)C(C)(C)C)c(=O)[nH]1. The van der Waals surface area contributed by atoms with Gasteiger partial charge in [0.05, 0.1) is 25.1 Å². The van der Waals surface area contributed by atoms with E-state index in [4.69, 9.17) is 9.16 Å². The molecule has 1 amide bonds. The normalized spacial score (nSPS) is 22.4. The molecule has 2 aromatic rings. The van der Waals surface area contributed by atoms with E-state index in [0.717, 1.165) is 0 Å². The molecule has 3 atom stereocenters. The van der Waals surface area contributed by atoms with Crippen LogP contribution in [0.5, 0.6) is 0 Å². The van der Waals surface area contributed by atoms with Crippen molar-refractivity contribution in [1.29, 1.82) is 0 Å². The Hall–Kier alpha value is -2.08. The van der Waals surface area contributed by atoms with Gasteiger partial charge in [-0.15, -0.1) is 0 Å². The van der Waals surface area contributed by atoms with Crippen molar-refractivity contribution in [2.45, 2.75) is 77.6 Å². The summed E-state index contributed by atoms with van der Waals surface area (Å²) in [5.74, 6) is -0.474. The number of rotatable bonds is 6. The van der Waals surface area contributed by atoms with E-state index in [1.54, 1.807) is 18.4 Å². The Bertz CT molecular complexity index is 1010. The molecule has 10 nitrogen and oxygen atoms in total. The van der Waals surface area contributed by atoms with E-state index in [0.29, 0.717) is 6.42 Å². The Morgan fingerprint density at radius 2 is 2.13 bits per heavy atom. The summed E-state index contributed by atoms with van der Waals surface area (Å²) < 4.78 is 14.3. The number of aromatic nitrogens is 4. The van der Waals surface area contributed by atoms with Crippen LogP contribution < -0.4 is 10.9 Å². The molecule has 0 saturated carbocycles. The van der Waals surface area contributed by atoms with Crippen LogP contribution in [0.15, 0.2) is 11.1 Å². The fourth-order valence-electron chi connectivity index (χ4n) is 3.17. The summed E-state index contributed by atoms with van der Waals surface area (Å²) in [7, 11) is -2.13. The molecule has 0 bridgehead atoms. The Kier molecular flexibility index (Phi) is 6.43. The zero-order chi connectivity index (χ0) is 23.1. The van der Waals surface area contributed by atoms with Gasteiger partial charge in [0, 0.05) is 12.3 Å². The molecule has 1 saturated heterocycles. The molecule has 3 N–H and O–H groups in total. The maximum Gasteiger partial charge on any atom is 0.280 e. The molecule has 31 heavy (non-hydrogen) atoms. The fraction of sp³-hybridized carbons (Fsp3) is 0.700. The van der Waals surface area contributed by atoms with Crippen LogP contribution in [0.2, 0.25) is 18.1 Å². The molecule has 0 aliphatic carbocycles. The molecule has 1 fully saturated rings. The number of ether oxygens (including phenoxy) is 1. The highest BCUT2D eigenvalue weighted by Gasteiger charge is 2.45. The molecule has 0 aromatic carbocycles. The summed E-state index contributed by atoms with van der Waals surface area (Å²) in [6.07, 6.45) is 0.699. The van der Waals surface area contributed by atoms with E-state index in [-0.39, 0.29) is 52.8 Å². The summed E-state index contributed by atoms with van der Waals surface area (Å²) in [6, 6.07) is 0. The second-order valence-electron chi connectivity index (χ2n) is 9.87. The van der Waals surface area contributed by atoms with E-state index in [2.05, 4.69) is 54.1 Å². The molecule has 0 spiro atoms. The number of imidazole rings is 1. The Morgan fingerprint density at radius 1 is 1.45 bits per heavy atom. The van der Waals surface area contributed by atoms with Gasteiger partial charge in [-0.3, -0.25) is 24.5 Å². The van der Waals surface area contributed by atoms with Crippen LogP contribution in [0, 0.1) is 5.92 Å². The number of nitrogens with one attached hydrogen (secondary N) is 2. The lowest BCUT2D eigenvalue weighted by molar-refractivity contribution is -0.118. The second kappa shape index (κ2) is 8.45. The number of hydrogen-bond acceptors (Lipinski definition) is 7. The van der Waals surface area contributed by atoms with Crippen molar-refractivity contribution < 1.29 is 19.1 Å². The van der Waals surface area contributed by atoms with Gasteiger partial charge in [-0.2, -0.15) is 4.98 Å². The van der Waals surface area contributed by atoms with Crippen LogP contribution in [0.25, 0.3) is 11.2 Å². The van der Waals surface area contributed by atoms with Gasteiger partial charge in [-0.1, -0.05) is 34.6 Å². The molecule has 1 aliphatic rings. The minimum atomic E-state index is -2.13. The maximum absolute atomic E-state index is 12.5. The summed E-state index contributed by atoms with van der Waals surface area (Å²) in [4.78, 5) is 35.7. The van der Waals surface area contributed by atoms with Crippen molar-refractivity contribution >= 4 is 31.3 Å². The predicted octanol–water partition coefficient (Wildman–Crippen LogP) is 2.38. The molecule has 3 heterocycles. The largest absolute Gasteiger partial charge is 0.409 e. The minimum Gasteiger partial charge on any atom is -0.409 e. The molecule has 11 heteroatoms. The van der Waals surface area contributed by atoms with Gasteiger partial charge in [0.15, 0.2) is 25.7 Å². The lowest BCUT2D eigenvalue weighted by atomic mass is 10.2. The van der Waals surface area contributed by atoms with Crippen molar-refractivity contribution in [2.24, 2.45) is 5.92 Å². The fourth-order valence-corrected chi connectivity index (χ4v) is 4.50. The molecular formula is C20H33N5O5Si. The molecule has 3 rings (SSSR count). The predicted molar refractivity (Wildman–Crippen MR) is 119 cm³/mol. The van der Waals surface area contributed by atoms with Crippen LogP contribution in [0.1, 0.15) is 47.3 Å². The minimum absolute atomic E-state index is 0.00441. The van der Waals surface area contributed by atoms with Crippen LogP contribution in [0.3, 0.4) is 0 Å². The Morgan fingerprint density at radius 3 is 2.71 bits per heavy atom. The van der Waals surface area contributed by atoms with Crippen LogP contribution in [0.4, 0.5) is 5.95 Å². The second-order valence-corrected chi connectivity index (χ2v) is 14.6. The number of carbonyl (C=O) groups is 1. The van der Waals surface area contributed by atoms with Gasteiger partial charge in [0.2, 0.25) is 11.9 Å². The van der Waals surface area contributed by atoms with Crippen LogP contribution >= 0.6 is 0 Å². The number of aliphatic hydroxyl groups excluding tert-OH is 1. The summed E-state index contributed by atoms with van der Waals surface area (Å²) in [5, 5.41) is 12.3. The quantitative estimate of drug-likeness (QED) is 0.575. The average Bonchev–Trinajstić information content (AvgIpc) is 3.24. The molecule has 2 aromatic heterocycles. The van der Waals surface area contributed by atoms with Crippen molar-refractivity contribution in [3.63, 3.8) is 0 Å². The van der Waals surface area contributed by atoms with Gasteiger partial charge < -0.3 is 14.3 Å². The van der Waals surface area contributed by atoms with E-state index in [1.165, 1.54) is 6.33 Å². The third kappa shape index (κ3) is 4.74. The van der Waals surface area contributed by atoms with Crippen molar-refractivity contribution in [1.82, 2.24) is 19.5 Å². The number of amides is 1. The first-order valence-electron chi connectivity index (χ1n) is 10.6. The van der Waals surface area contributed by atoms with Crippen molar-refractivity contribution in [3.05, 3.63) is 16.7 Å². The Balaban J connectivity index is 2.00. The average molecular weight is 452 g/mol. The first-order chi connectivity index (χ1) is 14.3. The van der Waals surface area contributed by atoms with E-state index < -0.39 is 20.1 Å². The molecule has 1 unspecified atom stereocenters. The zero-order valence-electron chi connectivity index (χ0n) is 19.2.